The maximum atomic E-state index is 11.6. The molecule has 2 aromatic rings. The molecular weight excluding hydrogens is 284 g/mol. The normalized spacial score (nSPS) is 10.1. The number of rotatable bonds is 4. The Morgan fingerprint density at radius 2 is 1.95 bits per heavy atom. The number of nitrogens with one attached hydrogen (secondary N) is 2. The Balaban J connectivity index is 1.89. The third kappa shape index (κ3) is 3.52. The summed E-state index contributed by atoms with van der Waals surface area (Å²) in [6.07, 6.45) is 0. The van der Waals surface area contributed by atoms with E-state index in [2.05, 4.69) is 10.6 Å². The number of para-hydroxylation sites is 1. The zero-order chi connectivity index (χ0) is 14.5. The van der Waals surface area contributed by atoms with Crippen molar-refractivity contribution in [2.75, 3.05) is 5.32 Å². The number of carbonyl (C=O) groups excluding carboxylic acids is 1. The number of carboxylic acids is 1. The molecule has 3 N–H and O–H groups in total. The number of halogens is 1. The van der Waals surface area contributed by atoms with Crippen LogP contribution in [0.4, 0.5) is 10.5 Å². The van der Waals surface area contributed by atoms with Crippen LogP contribution in [0, 0.1) is 0 Å². The average molecular weight is 295 g/mol. The molecule has 1 aromatic carbocycles. The Hall–Kier alpha value is -2.47. The number of aromatic carboxylic acids is 1. The summed E-state index contributed by atoms with van der Waals surface area (Å²) in [5.74, 6) is -0.984. The number of furan rings is 1. The summed E-state index contributed by atoms with van der Waals surface area (Å²) in [5, 5.41) is 14.2. The summed E-state index contributed by atoms with van der Waals surface area (Å²) in [6.45, 7) is 0.0730. The fourth-order valence-electron chi connectivity index (χ4n) is 1.48. The summed E-state index contributed by atoms with van der Waals surface area (Å²) >= 11 is 5.90. The van der Waals surface area contributed by atoms with E-state index in [0.717, 1.165) is 0 Å². The smallest absolute Gasteiger partial charge is 0.371 e. The zero-order valence-electron chi connectivity index (χ0n) is 10.2. The summed E-state index contributed by atoms with van der Waals surface area (Å²) < 4.78 is 5.00. The van der Waals surface area contributed by atoms with Crippen molar-refractivity contribution in [3.63, 3.8) is 0 Å². The van der Waals surface area contributed by atoms with Crippen molar-refractivity contribution in [1.82, 2.24) is 5.32 Å². The number of amides is 2. The number of hydrogen-bond donors (Lipinski definition) is 3. The monoisotopic (exact) mass is 294 g/mol. The summed E-state index contributed by atoms with van der Waals surface area (Å²) in [5.41, 5.74) is 0.484. The summed E-state index contributed by atoms with van der Waals surface area (Å²) in [6, 6.07) is 9.16. The predicted octanol–water partition coefficient (Wildman–Crippen LogP) is 2.95. The lowest BCUT2D eigenvalue weighted by Gasteiger charge is -2.07. The molecule has 0 atom stereocenters. The van der Waals surface area contributed by atoms with Crippen molar-refractivity contribution in [2.45, 2.75) is 6.54 Å². The van der Waals surface area contributed by atoms with Gasteiger partial charge in [-0.05, 0) is 24.3 Å². The van der Waals surface area contributed by atoms with Crippen LogP contribution in [-0.2, 0) is 6.54 Å². The first-order chi connectivity index (χ1) is 9.56. The fraction of sp³-hybridized carbons (Fsp3) is 0.0769. The molecule has 0 radical (unpaired) electrons. The first kappa shape index (κ1) is 14.0. The molecule has 2 rings (SSSR count). The standard InChI is InChI=1S/C13H11ClN2O4/c14-9-3-1-2-4-10(9)16-13(19)15-7-8-5-6-11(20-8)12(17)18/h1-6H,7H2,(H,17,18)(H2,15,16,19). The molecule has 0 aliphatic heterocycles. The van der Waals surface area contributed by atoms with Gasteiger partial charge in [0.05, 0.1) is 17.3 Å². The molecule has 104 valence electrons. The Kier molecular flexibility index (Phi) is 4.27. The van der Waals surface area contributed by atoms with Crippen molar-refractivity contribution < 1.29 is 19.1 Å². The molecule has 0 unspecified atom stereocenters. The van der Waals surface area contributed by atoms with E-state index in [9.17, 15) is 9.59 Å². The van der Waals surface area contributed by atoms with Crippen LogP contribution in [0.3, 0.4) is 0 Å². The maximum Gasteiger partial charge on any atom is 0.371 e. The fourth-order valence-corrected chi connectivity index (χ4v) is 1.67. The highest BCUT2D eigenvalue weighted by molar-refractivity contribution is 6.33. The number of urea groups is 1. The lowest BCUT2D eigenvalue weighted by Crippen LogP contribution is -2.28. The molecule has 0 bridgehead atoms. The van der Waals surface area contributed by atoms with Crippen LogP contribution in [0.15, 0.2) is 40.8 Å². The van der Waals surface area contributed by atoms with Gasteiger partial charge in [-0.1, -0.05) is 23.7 Å². The topological polar surface area (TPSA) is 91.6 Å². The van der Waals surface area contributed by atoms with Gasteiger partial charge in [-0.3, -0.25) is 0 Å². The number of hydrogen-bond acceptors (Lipinski definition) is 3. The van der Waals surface area contributed by atoms with E-state index < -0.39 is 12.0 Å². The molecule has 2 amide bonds. The van der Waals surface area contributed by atoms with E-state index >= 15 is 0 Å². The maximum absolute atomic E-state index is 11.6. The van der Waals surface area contributed by atoms with Gasteiger partial charge < -0.3 is 20.2 Å². The van der Waals surface area contributed by atoms with Gasteiger partial charge >= 0.3 is 12.0 Å². The average Bonchev–Trinajstić information content (AvgIpc) is 2.88. The third-order valence-electron chi connectivity index (χ3n) is 2.42. The van der Waals surface area contributed by atoms with Crippen LogP contribution in [-0.4, -0.2) is 17.1 Å². The van der Waals surface area contributed by atoms with Gasteiger partial charge in [0, 0.05) is 0 Å². The molecule has 0 saturated carbocycles. The highest BCUT2D eigenvalue weighted by Gasteiger charge is 2.10. The van der Waals surface area contributed by atoms with Crippen molar-refractivity contribution in [3.05, 3.63) is 52.9 Å². The predicted molar refractivity (Wildman–Crippen MR) is 73.0 cm³/mol. The Morgan fingerprint density at radius 1 is 1.20 bits per heavy atom. The molecule has 0 spiro atoms. The van der Waals surface area contributed by atoms with Crippen molar-refractivity contribution in [2.24, 2.45) is 0 Å². The second-order valence-corrected chi connectivity index (χ2v) is 4.27. The van der Waals surface area contributed by atoms with Gasteiger partial charge in [-0.15, -0.1) is 0 Å². The van der Waals surface area contributed by atoms with Crippen LogP contribution in [0.25, 0.3) is 0 Å². The first-order valence-corrected chi connectivity index (χ1v) is 6.05. The van der Waals surface area contributed by atoms with Gasteiger partial charge in [0.15, 0.2) is 0 Å². The lowest BCUT2D eigenvalue weighted by atomic mass is 10.3. The minimum atomic E-state index is -1.16. The van der Waals surface area contributed by atoms with Gasteiger partial charge in [-0.2, -0.15) is 0 Å². The molecule has 1 aromatic heterocycles. The van der Waals surface area contributed by atoms with E-state index in [0.29, 0.717) is 16.5 Å². The van der Waals surface area contributed by atoms with Crippen LogP contribution in [0.5, 0.6) is 0 Å². The first-order valence-electron chi connectivity index (χ1n) is 5.67. The minimum absolute atomic E-state index is 0.0730. The lowest BCUT2D eigenvalue weighted by molar-refractivity contribution is 0.0660. The number of anilines is 1. The molecular formula is C13H11ClN2O4. The molecule has 0 aliphatic carbocycles. The second-order valence-electron chi connectivity index (χ2n) is 3.86. The quantitative estimate of drug-likeness (QED) is 0.808. The SMILES string of the molecule is O=C(NCc1ccc(C(=O)O)o1)Nc1ccccc1Cl. The van der Waals surface area contributed by atoms with Gasteiger partial charge in [0.1, 0.15) is 5.76 Å². The number of carboxylic acid groups (broad SMARTS) is 1. The molecule has 0 saturated heterocycles. The van der Waals surface area contributed by atoms with E-state index in [1.54, 1.807) is 24.3 Å². The number of benzene rings is 1. The Labute approximate surface area is 119 Å². The molecule has 6 nitrogen and oxygen atoms in total. The zero-order valence-corrected chi connectivity index (χ0v) is 11.0. The molecule has 1 heterocycles. The van der Waals surface area contributed by atoms with E-state index in [1.807, 2.05) is 0 Å². The molecule has 7 heteroatoms. The number of carbonyl (C=O) groups is 2. The molecule has 20 heavy (non-hydrogen) atoms. The van der Waals surface area contributed by atoms with E-state index in [-0.39, 0.29) is 12.3 Å². The van der Waals surface area contributed by atoms with Crippen LogP contribution in [0.2, 0.25) is 5.02 Å². The van der Waals surface area contributed by atoms with Gasteiger partial charge in [0.25, 0.3) is 0 Å². The highest BCUT2D eigenvalue weighted by atomic mass is 35.5. The van der Waals surface area contributed by atoms with Crippen molar-refractivity contribution in [3.8, 4) is 0 Å². The van der Waals surface area contributed by atoms with Crippen LogP contribution >= 0.6 is 11.6 Å². The molecule has 0 aliphatic rings. The second kappa shape index (κ2) is 6.12. The Bertz CT molecular complexity index is 639. The largest absolute Gasteiger partial charge is 0.475 e. The highest BCUT2D eigenvalue weighted by Crippen LogP contribution is 2.20. The van der Waals surface area contributed by atoms with Gasteiger partial charge in [-0.25, -0.2) is 9.59 Å². The Morgan fingerprint density at radius 3 is 2.60 bits per heavy atom. The summed E-state index contributed by atoms with van der Waals surface area (Å²) in [4.78, 5) is 22.3. The summed E-state index contributed by atoms with van der Waals surface area (Å²) in [7, 11) is 0. The minimum Gasteiger partial charge on any atom is -0.475 e. The van der Waals surface area contributed by atoms with E-state index in [4.69, 9.17) is 21.1 Å². The van der Waals surface area contributed by atoms with Crippen molar-refractivity contribution in [1.29, 1.82) is 0 Å². The molecule has 0 fully saturated rings. The van der Waals surface area contributed by atoms with Crippen molar-refractivity contribution >= 4 is 29.3 Å². The van der Waals surface area contributed by atoms with Crippen LogP contribution in [0.1, 0.15) is 16.3 Å². The van der Waals surface area contributed by atoms with E-state index in [1.165, 1.54) is 12.1 Å². The third-order valence-corrected chi connectivity index (χ3v) is 2.75. The van der Waals surface area contributed by atoms with Gasteiger partial charge in [0.2, 0.25) is 5.76 Å². The van der Waals surface area contributed by atoms with Crippen LogP contribution < -0.4 is 10.6 Å².